The summed E-state index contributed by atoms with van der Waals surface area (Å²) in [5, 5.41) is 0.544. The number of ketones is 1. The number of ether oxygens (including phenoxy) is 2. The van der Waals surface area contributed by atoms with Crippen LogP contribution in [0, 0.1) is 5.82 Å². The minimum atomic E-state index is -0.994. The lowest BCUT2D eigenvalue weighted by molar-refractivity contribution is 0.0470. The number of carbonyl (C=O) groups is 2. The van der Waals surface area contributed by atoms with E-state index in [0.29, 0.717) is 11.0 Å². The number of fused-ring (bicyclic) bond motifs is 1. The summed E-state index contributed by atoms with van der Waals surface area (Å²) in [4.78, 5) is 36.0. The second kappa shape index (κ2) is 7.18. The van der Waals surface area contributed by atoms with Crippen molar-refractivity contribution in [3.8, 4) is 5.75 Å². The molecule has 0 fully saturated rings. The van der Waals surface area contributed by atoms with Gasteiger partial charge >= 0.3 is 11.6 Å². The number of methoxy groups -OCH3 is 1. The average Bonchev–Trinajstić information content (AvgIpc) is 2.65. The normalized spacial score (nSPS) is 10.5. The lowest BCUT2D eigenvalue weighted by Crippen LogP contribution is -2.20. The number of carbonyl (C=O) groups excluding carboxylic acids is 2. The van der Waals surface area contributed by atoms with E-state index in [4.69, 9.17) is 13.9 Å². The third-order valence-corrected chi connectivity index (χ3v) is 3.67. The number of rotatable bonds is 5. The predicted octanol–water partition coefficient (Wildman–Crippen LogP) is 2.98. The van der Waals surface area contributed by atoms with E-state index in [0.717, 1.165) is 6.07 Å². The summed E-state index contributed by atoms with van der Waals surface area (Å²) in [6.45, 7) is -0.642. The molecule has 2 aromatic carbocycles. The van der Waals surface area contributed by atoms with Crippen LogP contribution >= 0.6 is 0 Å². The topological polar surface area (TPSA) is 82.8 Å². The van der Waals surface area contributed by atoms with Gasteiger partial charge in [-0.3, -0.25) is 4.79 Å². The monoisotopic (exact) mass is 356 g/mol. The molecule has 1 aromatic heterocycles. The molecule has 0 atom stereocenters. The fourth-order valence-corrected chi connectivity index (χ4v) is 2.34. The molecule has 0 saturated heterocycles. The maximum absolute atomic E-state index is 13.6. The average molecular weight is 356 g/mol. The molecule has 26 heavy (non-hydrogen) atoms. The molecule has 0 unspecified atom stereocenters. The van der Waals surface area contributed by atoms with E-state index in [1.165, 1.54) is 25.3 Å². The van der Waals surface area contributed by atoms with Gasteiger partial charge in [-0.05, 0) is 30.3 Å². The van der Waals surface area contributed by atoms with Crippen LogP contribution in [0.1, 0.15) is 20.7 Å². The van der Waals surface area contributed by atoms with Crippen LogP contribution in [0.3, 0.4) is 0 Å². The fraction of sp³-hybridized carbons (Fsp3) is 0.105. The molecule has 1 heterocycles. The Morgan fingerprint density at radius 2 is 1.88 bits per heavy atom. The van der Waals surface area contributed by atoms with Crippen LogP contribution in [-0.4, -0.2) is 25.5 Å². The second-order valence-corrected chi connectivity index (χ2v) is 5.33. The summed E-state index contributed by atoms with van der Waals surface area (Å²) < 4.78 is 28.3. The Balaban J connectivity index is 1.74. The first kappa shape index (κ1) is 17.3. The highest BCUT2D eigenvalue weighted by atomic mass is 19.1. The van der Waals surface area contributed by atoms with Crippen LogP contribution in [0.25, 0.3) is 11.0 Å². The molecule has 0 aliphatic carbocycles. The molecule has 3 aromatic rings. The molecule has 0 spiro atoms. The standard InChI is InChI=1S/C19H13FO6/c1-24-17-7-6-11(9-14(17)20)15(21)10-25-18(22)13-8-12-4-2-3-5-16(12)26-19(13)23/h2-9H,10H2,1H3. The van der Waals surface area contributed by atoms with Gasteiger partial charge < -0.3 is 13.9 Å². The first-order valence-electron chi connectivity index (χ1n) is 7.56. The van der Waals surface area contributed by atoms with Crippen molar-refractivity contribution in [1.29, 1.82) is 0 Å². The Kier molecular flexibility index (Phi) is 4.79. The largest absolute Gasteiger partial charge is 0.494 e. The van der Waals surface area contributed by atoms with Gasteiger partial charge in [-0.2, -0.15) is 0 Å². The molecule has 3 rings (SSSR count). The Morgan fingerprint density at radius 3 is 2.62 bits per heavy atom. The lowest BCUT2D eigenvalue weighted by Gasteiger charge is -2.06. The van der Waals surface area contributed by atoms with Gasteiger partial charge in [0.25, 0.3) is 0 Å². The van der Waals surface area contributed by atoms with E-state index in [-0.39, 0.29) is 16.9 Å². The van der Waals surface area contributed by atoms with E-state index >= 15 is 0 Å². The van der Waals surface area contributed by atoms with Crippen LogP contribution in [0.5, 0.6) is 5.75 Å². The number of esters is 1. The van der Waals surface area contributed by atoms with E-state index < -0.39 is 29.8 Å². The SMILES string of the molecule is COc1ccc(C(=O)COC(=O)c2cc3ccccc3oc2=O)cc1F. The highest BCUT2D eigenvalue weighted by molar-refractivity contribution is 6.00. The van der Waals surface area contributed by atoms with E-state index in [1.807, 2.05) is 0 Å². The van der Waals surface area contributed by atoms with Crippen molar-refractivity contribution in [3.63, 3.8) is 0 Å². The molecule has 0 bridgehead atoms. The van der Waals surface area contributed by atoms with E-state index in [2.05, 4.69) is 0 Å². The molecule has 0 radical (unpaired) electrons. The van der Waals surface area contributed by atoms with E-state index in [1.54, 1.807) is 24.3 Å². The second-order valence-electron chi connectivity index (χ2n) is 5.33. The maximum atomic E-state index is 13.6. The molecule has 6 nitrogen and oxygen atoms in total. The minimum Gasteiger partial charge on any atom is -0.494 e. The number of benzene rings is 2. The van der Waals surface area contributed by atoms with Crippen molar-refractivity contribution >= 4 is 22.7 Å². The molecular formula is C19H13FO6. The van der Waals surface area contributed by atoms with E-state index in [9.17, 15) is 18.8 Å². The minimum absolute atomic E-state index is 0.00711. The zero-order valence-corrected chi connectivity index (χ0v) is 13.7. The summed E-state index contributed by atoms with van der Waals surface area (Å²) in [5.41, 5.74) is -0.838. The third kappa shape index (κ3) is 3.46. The molecule has 132 valence electrons. The quantitative estimate of drug-likeness (QED) is 0.397. The van der Waals surface area contributed by atoms with Crippen molar-refractivity contribution in [2.45, 2.75) is 0 Å². The number of hydrogen-bond donors (Lipinski definition) is 0. The van der Waals surface area contributed by atoms with Crippen molar-refractivity contribution in [2.75, 3.05) is 13.7 Å². The molecular weight excluding hydrogens is 343 g/mol. The lowest BCUT2D eigenvalue weighted by atomic mass is 10.1. The number of halogens is 1. The zero-order chi connectivity index (χ0) is 18.7. The maximum Gasteiger partial charge on any atom is 0.351 e. The molecule has 7 heteroatoms. The van der Waals surface area contributed by atoms with Crippen LogP contribution in [0.15, 0.2) is 57.7 Å². The predicted molar refractivity (Wildman–Crippen MR) is 90.0 cm³/mol. The number of Topliss-reactive ketones (excluding diaryl/α,β-unsaturated/α-hetero) is 1. The first-order valence-corrected chi connectivity index (χ1v) is 7.56. The smallest absolute Gasteiger partial charge is 0.351 e. The van der Waals surface area contributed by atoms with Gasteiger partial charge in [-0.15, -0.1) is 0 Å². The van der Waals surface area contributed by atoms with Crippen molar-refractivity contribution < 1.29 is 27.9 Å². The summed E-state index contributed by atoms with van der Waals surface area (Å²) in [6.07, 6.45) is 0. The van der Waals surface area contributed by atoms with Crippen molar-refractivity contribution in [2.24, 2.45) is 0 Å². The van der Waals surface area contributed by atoms with Gasteiger partial charge in [0, 0.05) is 10.9 Å². The summed E-state index contributed by atoms with van der Waals surface area (Å²) in [6, 6.07) is 11.6. The Labute approximate surface area is 146 Å². The van der Waals surface area contributed by atoms with Crippen LogP contribution in [0.4, 0.5) is 4.39 Å². The Hall–Kier alpha value is -3.48. The van der Waals surface area contributed by atoms with Crippen molar-refractivity contribution in [3.05, 3.63) is 75.9 Å². The van der Waals surface area contributed by atoms with Crippen LogP contribution in [0.2, 0.25) is 0 Å². The highest BCUT2D eigenvalue weighted by Crippen LogP contribution is 2.18. The van der Waals surface area contributed by atoms with Gasteiger partial charge in [0.15, 0.2) is 24.0 Å². The molecule has 0 aliphatic heterocycles. The summed E-state index contributed by atoms with van der Waals surface area (Å²) in [7, 11) is 1.30. The van der Waals surface area contributed by atoms with Gasteiger partial charge in [0.1, 0.15) is 11.1 Å². The van der Waals surface area contributed by atoms with Gasteiger partial charge in [-0.1, -0.05) is 18.2 Å². The van der Waals surface area contributed by atoms with Crippen LogP contribution < -0.4 is 10.4 Å². The summed E-state index contributed by atoms with van der Waals surface area (Å²) in [5.74, 6) is -2.33. The Bertz CT molecular complexity index is 1050. The third-order valence-electron chi connectivity index (χ3n) is 3.67. The molecule has 0 saturated carbocycles. The fourth-order valence-electron chi connectivity index (χ4n) is 2.34. The molecule has 0 N–H and O–H groups in total. The first-order chi connectivity index (χ1) is 12.5. The van der Waals surface area contributed by atoms with Crippen LogP contribution in [-0.2, 0) is 4.74 Å². The van der Waals surface area contributed by atoms with Crippen molar-refractivity contribution in [1.82, 2.24) is 0 Å². The van der Waals surface area contributed by atoms with Gasteiger partial charge in [0.2, 0.25) is 0 Å². The molecule has 0 amide bonds. The van der Waals surface area contributed by atoms with Gasteiger partial charge in [-0.25, -0.2) is 14.0 Å². The Morgan fingerprint density at radius 1 is 1.12 bits per heavy atom. The number of para-hydroxylation sites is 1. The van der Waals surface area contributed by atoms with Gasteiger partial charge in [0.05, 0.1) is 7.11 Å². The number of hydrogen-bond acceptors (Lipinski definition) is 6. The zero-order valence-electron chi connectivity index (χ0n) is 13.7. The summed E-state index contributed by atoms with van der Waals surface area (Å²) >= 11 is 0. The highest BCUT2D eigenvalue weighted by Gasteiger charge is 2.18. The molecule has 0 aliphatic rings.